The average molecular weight is 360 g/mol. The Morgan fingerprint density at radius 3 is 2.36 bits per heavy atom. The van der Waals surface area contributed by atoms with Crippen molar-refractivity contribution in [2.45, 2.75) is 0 Å². The van der Waals surface area contributed by atoms with E-state index >= 15 is 0 Å². The summed E-state index contributed by atoms with van der Waals surface area (Å²) in [4.78, 5) is 23.7. The fourth-order valence-electron chi connectivity index (χ4n) is 1.94. The SMILES string of the molecule is COc1c(Cl)c(C(=O)c2cccc(Cl)c2)cc(Cl)c1C(=O)O. The molecule has 0 atom stereocenters. The van der Waals surface area contributed by atoms with Gasteiger partial charge in [-0.3, -0.25) is 4.79 Å². The predicted molar refractivity (Wildman–Crippen MR) is 84.9 cm³/mol. The minimum absolute atomic E-state index is 0.0378. The van der Waals surface area contributed by atoms with Crippen molar-refractivity contribution in [3.63, 3.8) is 0 Å². The lowest BCUT2D eigenvalue weighted by Crippen LogP contribution is -2.08. The number of hydrogen-bond donors (Lipinski definition) is 1. The highest BCUT2D eigenvalue weighted by molar-refractivity contribution is 6.40. The third-order valence-electron chi connectivity index (χ3n) is 2.92. The molecule has 0 saturated carbocycles. The molecule has 0 spiro atoms. The number of carbonyl (C=O) groups excluding carboxylic acids is 1. The number of aromatic carboxylic acids is 1. The Hall–Kier alpha value is -1.75. The molecule has 0 heterocycles. The van der Waals surface area contributed by atoms with E-state index in [-0.39, 0.29) is 26.9 Å². The van der Waals surface area contributed by atoms with Gasteiger partial charge >= 0.3 is 5.97 Å². The smallest absolute Gasteiger partial charge is 0.341 e. The van der Waals surface area contributed by atoms with Crippen LogP contribution in [0.3, 0.4) is 0 Å². The summed E-state index contributed by atoms with van der Waals surface area (Å²) in [6.45, 7) is 0. The van der Waals surface area contributed by atoms with Crippen LogP contribution in [0.25, 0.3) is 0 Å². The molecule has 0 saturated heterocycles. The summed E-state index contributed by atoms with van der Waals surface area (Å²) in [7, 11) is 1.25. The van der Waals surface area contributed by atoms with E-state index in [0.29, 0.717) is 10.6 Å². The third kappa shape index (κ3) is 3.04. The second kappa shape index (κ2) is 6.57. The highest BCUT2D eigenvalue weighted by Gasteiger charge is 2.25. The molecular weight excluding hydrogens is 351 g/mol. The number of halogens is 3. The second-order valence-corrected chi connectivity index (χ2v) is 5.49. The maximum atomic E-state index is 12.5. The van der Waals surface area contributed by atoms with Gasteiger partial charge in [0, 0.05) is 16.1 Å². The normalized spacial score (nSPS) is 10.4. The minimum Gasteiger partial charge on any atom is -0.494 e. The van der Waals surface area contributed by atoms with E-state index in [2.05, 4.69) is 0 Å². The molecule has 2 rings (SSSR count). The van der Waals surface area contributed by atoms with Gasteiger partial charge in [0.25, 0.3) is 0 Å². The average Bonchev–Trinajstić information content (AvgIpc) is 2.47. The van der Waals surface area contributed by atoms with Crippen molar-refractivity contribution in [1.82, 2.24) is 0 Å². The van der Waals surface area contributed by atoms with Crippen LogP contribution in [0.5, 0.6) is 5.75 Å². The number of carboxylic acid groups (broad SMARTS) is 1. The maximum absolute atomic E-state index is 12.5. The van der Waals surface area contributed by atoms with Crippen molar-refractivity contribution in [3.8, 4) is 5.75 Å². The summed E-state index contributed by atoms with van der Waals surface area (Å²) < 4.78 is 4.99. The quantitative estimate of drug-likeness (QED) is 0.811. The summed E-state index contributed by atoms with van der Waals surface area (Å²) in [6.07, 6.45) is 0. The Bertz CT molecular complexity index is 772. The zero-order valence-corrected chi connectivity index (χ0v) is 13.5. The first-order chi connectivity index (χ1) is 10.4. The molecule has 0 aliphatic heterocycles. The van der Waals surface area contributed by atoms with Gasteiger partial charge in [-0.1, -0.05) is 46.9 Å². The van der Waals surface area contributed by atoms with Crippen LogP contribution >= 0.6 is 34.8 Å². The Kier molecular flexibility index (Phi) is 4.96. The van der Waals surface area contributed by atoms with Gasteiger partial charge in [-0.05, 0) is 18.2 Å². The number of carboxylic acids is 1. The van der Waals surface area contributed by atoms with E-state index in [1.165, 1.54) is 19.2 Å². The number of methoxy groups -OCH3 is 1. The van der Waals surface area contributed by atoms with E-state index in [1.807, 2.05) is 0 Å². The lowest BCUT2D eigenvalue weighted by Gasteiger charge is -2.13. The minimum atomic E-state index is -1.30. The van der Waals surface area contributed by atoms with Gasteiger partial charge in [-0.25, -0.2) is 4.79 Å². The molecule has 0 aliphatic carbocycles. The van der Waals surface area contributed by atoms with Gasteiger partial charge in [0.2, 0.25) is 0 Å². The maximum Gasteiger partial charge on any atom is 0.341 e. The molecule has 7 heteroatoms. The van der Waals surface area contributed by atoms with Crippen molar-refractivity contribution in [2.75, 3.05) is 7.11 Å². The molecule has 0 amide bonds. The fraction of sp³-hybridized carbons (Fsp3) is 0.0667. The number of carbonyl (C=O) groups is 2. The summed E-state index contributed by atoms with van der Waals surface area (Å²) in [5, 5.41) is 9.29. The van der Waals surface area contributed by atoms with E-state index in [9.17, 15) is 9.59 Å². The first-order valence-corrected chi connectivity index (χ1v) is 7.09. The molecular formula is C15H9Cl3O4. The number of rotatable bonds is 4. The molecule has 114 valence electrons. The van der Waals surface area contributed by atoms with Crippen molar-refractivity contribution < 1.29 is 19.4 Å². The van der Waals surface area contributed by atoms with Crippen LogP contribution in [0, 0.1) is 0 Å². The van der Waals surface area contributed by atoms with E-state index < -0.39 is 11.8 Å². The summed E-state index contributed by atoms with van der Waals surface area (Å²) in [5.74, 6) is -1.90. The van der Waals surface area contributed by atoms with E-state index in [1.54, 1.807) is 18.2 Å². The standard InChI is InChI=1S/C15H9Cl3O4/c1-22-14-11(15(20)21)10(17)6-9(12(14)18)13(19)7-3-2-4-8(16)5-7/h2-6H,1H3,(H,20,21). The highest BCUT2D eigenvalue weighted by Crippen LogP contribution is 2.38. The number of ether oxygens (including phenoxy) is 1. The summed E-state index contributed by atoms with van der Waals surface area (Å²) in [5.41, 5.74) is 0.0446. The van der Waals surface area contributed by atoms with Crippen LogP contribution in [0.15, 0.2) is 30.3 Å². The molecule has 0 unspecified atom stereocenters. The van der Waals surface area contributed by atoms with Crippen molar-refractivity contribution in [3.05, 3.63) is 62.1 Å². The number of hydrogen-bond acceptors (Lipinski definition) is 3. The van der Waals surface area contributed by atoms with Crippen LogP contribution in [0.4, 0.5) is 0 Å². The second-order valence-electron chi connectivity index (χ2n) is 4.27. The zero-order valence-electron chi connectivity index (χ0n) is 11.2. The first kappa shape index (κ1) is 16.6. The third-order valence-corrected chi connectivity index (χ3v) is 3.83. The van der Waals surface area contributed by atoms with E-state index in [0.717, 1.165) is 0 Å². The predicted octanol–water partition coefficient (Wildman–Crippen LogP) is 4.58. The lowest BCUT2D eigenvalue weighted by molar-refractivity contribution is 0.0693. The Balaban J connectivity index is 2.64. The molecule has 0 aliphatic rings. The topological polar surface area (TPSA) is 63.6 Å². The van der Waals surface area contributed by atoms with Gasteiger partial charge in [0.05, 0.1) is 17.2 Å². The molecule has 2 aromatic rings. The van der Waals surface area contributed by atoms with Gasteiger partial charge in [0.1, 0.15) is 5.56 Å². The fourth-order valence-corrected chi connectivity index (χ4v) is 2.72. The summed E-state index contributed by atoms with van der Waals surface area (Å²) in [6, 6.07) is 7.50. The molecule has 0 bridgehead atoms. The molecule has 1 N–H and O–H groups in total. The van der Waals surface area contributed by atoms with Crippen LogP contribution in [0.1, 0.15) is 26.3 Å². The Morgan fingerprint density at radius 2 is 1.82 bits per heavy atom. The van der Waals surface area contributed by atoms with Crippen LogP contribution < -0.4 is 4.74 Å². The number of benzene rings is 2. The van der Waals surface area contributed by atoms with Crippen LogP contribution in [0.2, 0.25) is 15.1 Å². The van der Waals surface area contributed by atoms with Crippen LogP contribution in [-0.2, 0) is 0 Å². The van der Waals surface area contributed by atoms with E-state index in [4.69, 9.17) is 44.6 Å². The molecule has 4 nitrogen and oxygen atoms in total. The number of ketones is 1. The Labute approximate surface area is 141 Å². The van der Waals surface area contributed by atoms with Crippen LogP contribution in [-0.4, -0.2) is 24.0 Å². The van der Waals surface area contributed by atoms with Gasteiger partial charge in [-0.2, -0.15) is 0 Å². The lowest BCUT2D eigenvalue weighted by atomic mass is 10.0. The zero-order chi connectivity index (χ0) is 16.4. The molecule has 22 heavy (non-hydrogen) atoms. The van der Waals surface area contributed by atoms with Gasteiger partial charge in [0.15, 0.2) is 11.5 Å². The molecule has 0 radical (unpaired) electrons. The highest BCUT2D eigenvalue weighted by atomic mass is 35.5. The van der Waals surface area contributed by atoms with Crippen molar-refractivity contribution in [2.24, 2.45) is 0 Å². The van der Waals surface area contributed by atoms with Crippen molar-refractivity contribution in [1.29, 1.82) is 0 Å². The summed E-state index contributed by atoms with van der Waals surface area (Å²) >= 11 is 17.9. The monoisotopic (exact) mass is 358 g/mol. The van der Waals surface area contributed by atoms with Gasteiger partial charge in [-0.15, -0.1) is 0 Å². The molecule has 2 aromatic carbocycles. The van der Waals surface area contributed by atoms with Gasteiger partial charge < -0.3 is 9.84 Å². The largest absolute Gasteiger partial charge is 0.494 e. The molecule has 0 aromatic heterocycles. The van der Waals surface area contributed by atoms with Crippen molar-refractivity contribution >= 4 is 46.6 Å². The Morgan fingerprint density at radius 1 is 1.14 bits per heavy atom. The first-order valence-electron chi connectivity index (χ1n) is 5.96. The molecule has 0 fully saturated rings.